The molecule has 0 spiro atoms. The van der Waals surface area contributed by atoms with Crippen LogP contribution in [0.1, 0.15) is 23.8 Å². The molecular formula is C13H12ClNO3. The maximum absolute atomic E-state index is 11.0. The summed E-state index contributed by atoms with van der Waals surface area (Å²) in [4.78, 5) is 14.2. The summed E-state index contributed by atoms with van der Waals surface area (Å²) in [6, 6.07) is 5.42. The fourth-order valence-electron chi connectivity index (χ4n) is 2.69. The molecule has 0 radical (unpaired) electrons. The van der Waals surface area contributed by atoms with Crippen molar-refractivity contribution in [2.75, 3.05) is 0 Å². The molecule has 0 bridgehead atoms. The van der Waals surface area contributed by atoms with Crippen molar-refractivity contribution in [3.05, 3.63) is 34.5 Å². The minimum Gasteiger partial charge on any atom is -0.481 e. The van der Waals surface area contributed by atoms with Gasteiger partial charge >= 0.3 is 5.97 Å². The van der Waals surface area contributed by atoms with E-state index in [0.717, 1.165) is 22.2 Å². The van der Waals surface area contributed by atoms with E-state index in [0.29, 0.717) is 11.4 Å². The molecule has 3 N–H and O–H groups in total. The molecule has 1 aliphatic rings. The Morgan fingerprint density at radius 2 is 2.22 bits per heavy atom. The summed E-state index contributed by atoms with van der Waals surface area (Å²) in [5.41, 5.74) is 2.48. The number of H-pyrrole nitrogens is 1. The van der Waals surface area contributed by atoms with Gasteiger partial charge in [-0.1, -0.05) is 11.6 Å². The number of aromatic amines is 1. The number of carbonyl (C=O) groups is 1. The molecule has 5 heteroatoms. The second-order valence-electron chi connectivity index (χ2n) is 4.70. The van der Waals surface area contributed by atoms with Crippen molar-refractivity contribution in [3.8, 4) is 0 Å². The highest BCUT2D eigenvalue weighted by atomic mass is 35.5. The Balaban J connectivity index is 2.16. The molecule has 2 unspecified atom stereocenters. The van der Waals surface area contributed by atoms with Gasteiger partial charge in [-0.3, -0.25) is 4.79 Å². The lowest BCUT2D eigenvalue weighted by molar-refractivity contribution is -0.143. The fourth-order valence-corrected chi connectivity index (χ4v) is 2.86. The van der Waals surface area contributed by atoms with Crippen LogP contribution >= 0.6 is 11.6 Å². The Bertz CT molecular complexity index is 634. The number of aliphatic hydroxyl groups is 1. The third kappa shape index (κ3) is 1.69. The van der Waals surface area contributed by atoms with E-state index in [-0.39, 0.29) is 6.42 Å². The molecule has 0 saturated carbocycles. The van der Waals surface area contributed by atoms with Gasteiger partial charge in [0.05, 0.1) is 12.0 Å². The van der Waals surface area contributed by atoms with Gasteiger partial charge < -0.3 is 15.2 Å². The van der Waals surface area contributed by atoms with Crippen LogP contribution < -0.4 is 0 Å². The lowest BCUT2D eigenvalue weighted by Crippen LogP contribution is -2.24. The molecule has 18 heavy (non-hydrogen) atoms. The molecular weight excluding hydrogens is 254 g/mol. The molecule has 94 valence electrons. The average molecular weight is 266 g/mol. The third-order valence-electron chi connectivity index (χ3n) is 3.52. The average Bonchev–Trinajstić information content (AvgIpc) is 2.66. The van der Waals surface area contributed by atoms with Crippen molar-refractivity contribution in [3.63, 3.8) is 0 Å². The van der Waals surface area contributed by atoms with Crippen LogP contribution in [0.3, 0.4) is 0 Å². The Morgan fingerprint density at radius 3 is 2.94 bits per heavy atom. The van der Waals surface area contributed by atoms with Crippen molar-refractivity contribution < 1.29 is 15.0 Å². The van der Waals surface area contributed by atoms with Crippen LogP contribution in [0.4, 0.5) is 0 Å². The van der Waals surface area contributed by atoms with Crippen molar-refractivity contribution in [2.45, 2.75) is 18.9 Å². The molecule has 3 rings (SSSR count). The summed E-state index contributed by atoms with van der Waals surface area (Å²) in [7, 11) is 0. The zero-order valence-corrected chi connectivity index (χ0v) is 10.2. The van der Waals surface area contributed by atoms with Gasteiger partial charge in [0.25, 0.3) is 0 Å². The Labute approximate surface area is 108 Å². The number of hydrogen-bond donors (Lipinski definition) is 3. The van der Waals surface area contributed by atoms with Crippen LogP contribution in [-0.4, -0.2) is 21.2 Å². The third-order valence-corrected chi connectivity index (χ3v) is 3.76. The number of fused-ring (bicyclic) bond motifs is 3. The van der Waals surface area contributed by atoms with E-state index in [1.807, 2.05) is 6.07 Å². The highest BCUT2D eigenvalue weighted by molar-refractivity contribution is 6.31. The summed E-state index contributed by atoms with van der Waals surface area (Å²) in [6.45, 7) is 0. The lowest BCUT2D eigenvalue weighted by atomic mass is 9.85. The number of carboxylic acids is 1. The largest absolute Gasteiger partial charge is 0.481 e. The summed E-state index contributed by atoms with van der Waals surface area (Å²) in [6.07, 6.45) is -0.0717. The minimum absolute atomic E-state index is 0.252. The molecule has 0 fully saturated rings. The van der Waals surface area contributed by atoms with Crippen molar-refractivity contribution in [1.29, 1.82) is 0 Å². The zero-order valence-electron chi connectivity index (χ0n) is 9.48. The standard InChI is InChI=1S/C13H12ClNO3/c14-7-1-2-9-8(5-7)12-10(15-9)3-6(13(17)18)4-11(12)16/h1-2,5-6,11,15-16H,3-4H2,(H,17,18). The van der Waals surface area contributed by atoms with Gasteiger partial charge in [-0.05, 0) is 24.6 Å². The van der Waals surface area contributed by atoms with E-state index in [9.17, 15) is 9.90 Å². The number of aliphatic carboxylic acids is 1. The molecule has 2 aromatic rings. The van der Waals surface area contributed by atoms with E-state index in [1.165, 1.54) is 0 Å². The van der Waals surface area contributed by atoms with Crippen LogP contribution in [0.5, 0.6) is 0 Å². The summed E-state index contributed by atoms with van der Waals surface area (Å²) < 4.78 is 0. The van der Waals surface area contributed by atoms with Gasteiger partial charge in [-0.25, -0.2) is 0 Å². The van der Waals surface area contributed by atoms with Crippen LogP contribution in [0.2, 0.25) is 5.02 Å². The highest BCUT2D eigenvalue weighted by Gasteiger charge is 2.32. The molecule has 2 atom stereocenters. The van der Waals surface area contributed by atoms with E-state index in [1.54, 1.807) is 12.1 Å². The molecule has 0 amide bonds. The lowest BCUT2D eigenvalue weighted by Gasteiger charge is -2.23. The van der Waals surface area contributed by atoms with Gasteiger partial charge in [0.1, 0.15) is 0 Å². The maximum Gasteiger partial charge on any atom is 0.306 e. The predicted molar refractivity (Wildman–Crippen MR) is 67.7 cm³/mol. The van der Waals surface area contributed by atoms with E-state index in [4.69, 9.17) is 16.7 Å². The molecule has 1 aromatic heterocycles. The predicted octanol–water partition coefficient (Wildman–Crippen LogP) is 2.50. The van der Waals surface area contributed by atoms with Crippen LogP contribution in [-0.2, 0) is 11.2 Å². The van der Waals surface area contributed by atoms with Gasteiger partial charge in [0, 0.05) is 33.6 Å². The first-order valence-electron chi connectivity index (χ1n) is 5.77. The molecule has 0 saturated heterocycles. The number of carboxylic acid groups (broad SMARTS) is 1. The van der Waals surface area contributed by atoms with Gasteiger partial charge in [0.15, 0.2) is 0 Å². The number of aromatic nitrogens is 1. The Morgan fingerprint density at radius 1 is 1.44 bits per heavy atom. The fraction of sp³-hybridized carbons (Fsp3) is 0.308. The number of nitrogens with one attached hydrogen (secondary N) is 1. The molecule has 1 aliphatic carbocycles. The quantitative estimate of drug-likeness (QED) is 0.742. The SMILES string of the molecule is O=C(O)C1Cc2[nH]c3ccc(Cl)cc3c2C(O)C1. The number of halogens is 1. The first kappa shape index (κ1) is 11.6. The topological polar surface area (TPSA) is 73.3 Å². The smallest absolute Gasteiger partial charge is 0.306 e. The maximum atomic E-state index is 11.0. The van der Waals surface area contributed by atoms with Crippen molar-refractivity contribution in [2.24, 2.45) is 5.92 Å². The Kier molecular flexibility index (Phi) is 2.57. The molecule has 4 nitrogen and oxygen atoms in total. The van der Waals surface area contributed by atoms with Gasteiger partial charge in [-0.2, -0.15) is 0 Å². The van der Waals surface area contributed by atoms with E-state index >= 15 is 0 Å². The molecule has 0 aliphatic heterocycles. The van der Waals surface area contributed by atoms with Gasteiger partial charge in [0.2, 0.25) is 0 Å². The summed E-state index contributed by atoms with van der Waals surface area (Å²) >= 11 is 5.96. The van der Waals surface area contributed by atoms with Crippen LogP contribution in [0, 0.1) is 5.92 Å². The van der Waals surface area contributed by atoms with E-state index < -0.39 is 18.0 Å². The number of rotatable bonds is 1. The molecule has 1 heterocycles. The summed E-state index contributed by atoms with van der Waals surface area (Å²) in [5.74, 6) is -1.40. The first-order valence-corrected chi connectivity index (χ1v) is 6.15. The number of hydrogen-bond acceptors (Lipinski definition) is 2. The number of aliphatic hydroxyl groups excluding tert-OH is 1. The first-order chi connectivity index (χ1) is 8.56. The van der Waals surface area contributed by atoms with Crippen molar-refractivity contribution in [1.82, 2.24) is 4.98 Å². The zero-order chi connectivity index (χ0) is 12.9. The highest BCUT2D eigenvalue weighted by Crippen LogP contribution is 2.38. The normalized spacial score (nSPS) is 23.0. The van der Waals surface area contributed by atoms with Crippen LogP contribution in [0.25, 0.3) is 10.9 Å². The second-order valence-corrected chi connectivity index (χ2v) is 5.13. The summed E-state index contributed by atoms with van der Waals surface area (Å²) in [5, 5.41) is 20.7. The minimum atomic E-state index is -0.864. The second kappa shape index (κ2) is 4.00. The number of benzene rings is 1. The monoisotopic (exact) mass is 265 g/mol. The van der Waals surface area contributed by atoms with Crippen molar-refractivity contribution >= 4 is 28.5 Å². The van der Waals surface area contributed by atoms with Gasteiger partial charge in [-0.15, -0.1) is 0 Å². The Hall–Kier alpha value is -1.52. The molecule has 1 aromatic carbocycles. The van der Waals surface area contributed by atoms with E-state index in [2.05, 4.69) is 4.98 Å². The van der Waals surface area contributed by atoms with Crippen LogP contribution in [0.15, 0.2) is 18.2 Å².